The van der Waals surface area contributed by atoms with Gasteiger partial charge in [-0.05, 0) is 34.0 Å². The van der Waals surface area contributed by atoms with Crippen molar-refractivity contribution in [1.82, 2.24) is 10.6 Å². The van der Waals surface area contributed by atoms with Crippen LogP contribution in [0.3, 0.4) is 0 Å². The van der Waals surface area contributed by atoms with Crippen molar-refractivity contribution in [2.75, 3.05) is 7.05 Å². The van der Waals surface area contributed by atoms with E-state index in [9.17, 15) is 18.0 Å². The number of hydrogen-bond donors (Lipinski definition) is 2. The average Bonchev–Trinajstić information content (AvgIpc) is 3.03. The summed E-state index contributed by atoms with van der Waals surface area (Å²) < 4.78 is 39.3. The molecule has 1 unspecified atom stereocenters. The molecule has 0 spiro atoms. The summed E-state index contributed by atoms with van der Waals surface area (Å²) in [7, 11) is 1.63. The molecule has 1 atom stereocenters. The molecule has 3 aromatic carbocycles. The zero-order chi connectivity index (χ0) is 19.9. The van der Waals surface area contributed by atoms with Gasteiger partial charge in [-0.3, -0.25) is 4.79 Å². The van der Waals surface area contributed by atoms with E-state index in [1.807, 2.05) is 42.5 Å². The fourth-order valence-electron chi connectivity index (χ4n) is 3.61. The molecule has 142 valence electrons. The lowest BCUT2D eigenvalue weighted by Crippen LogP contribution is -2.24. The summed E-state index contributed by atoms with van der Waals surface area (Å²) in [6, 6.07) is 17.6. The van der Waals surface area contributed by atoms with Crippen molar-refractivity contribution in [2.45, 2.75) is 12.2 Å². The molecule has 6 heteroatoms. The number of halogens is 3. The van der Waals surface area contributed by atoms with E-state index in [0.29, 0.717) is 5.82 Å². The van der Waals surface area contributed by atoms with Crippen LogP contribution in [0.5, 0.6) is 0 Å². The van der Waals surface area contributed by atoms with Gasteiger partial charge in [0.1, 0.15) is 11.9 Å². The number of rotatable bonds is 3. The first kappa shape index (κ1) is 18.1. The Morgan fingerprint density at radius 3 is 2.43 bits per heavy atom. The number of nitrogens with one attached hydrogen (secondary N) is 2. The molecule has 0 saturated carbocycles. The van der Waals surface area contributed by atoms with Gasteiger partial charge in [-0.15, -0.1) is 0 Å². The van der Waals surface area contributed by atoms with E-state index in [2.05, 4.69) is 10.6 Å². The maximum atomic E-state index is 13.2. The summed E-state index contributed by atoms with van der Waals surface area (Å²) in [5, 5.41) is 7.98. The van der Waals surface area contributed by atoms with E-state index in [1.165, 1.54) is 12.1 Å². The van der Waals surface area contributed by atoms with E-state index in [1.54, 1.807) is 7.05 Å². The number of alkyl halides is 3. The quantitative estimate of drug-likeness (QED) is 0.692. The van der Waals surface area contributed by atoms with Gasteiger partial charge in [-0.1, -0.05) is 54.6 Å². The Kier molecular flexibility index (Phi) is 4.34. The second kappa shape index (κ2) is 6.71. The maximum Gasteiger partial charge on any atom is 0.416 e. The number of fused-ring (bicyclic) bond motifs is 1. The Labute approximate surface area is 159 Å². The number of benzene rings is 3. The highest BCUT2D eigenvalue weighted by Gasteiger charge is 2.36. The van der Waals surface area contributed by atoms with Crippen LogP contribution < -0.4 is 10.6 Å². The minimum Gasteiger partial charge on any atom is -0.374 e. The first-order chi connectivity index (χ1) is 13.4. The second-order valence-electron chi connectivity index (χ2n) is 6.59. The molecule has 0 radical (unpaired) electrons. The van der Waals surface area contributed by atoms with E-state index in [4.69, 9.17) is 0 Å². The molecule has 0 aromatic heterocycles. The molecule has 0 fully saturated rings. The SMILES string of the molecule is CNC1=C(c2cccc(C(F)(F)F)c2)C(=O)C(c2cccc3ccccc23)N1. The number of Topliss-reactive ketones (excluding diaryl/α,β-unsaturated/α-hetero) is 1. The fraction of sp³-hybridized carbons (Fsp3) is 0.136. The summed E-state index contributed by atoms with van der Waals surface area (Å²) >= 11 is 0. The van der Waals surface area contributed by atoms with Crippen molar-refractivity contribution < 1.29 is 18.0 Å². The van der Waals surface area contributed by atoms with Crippen molar-refractivity contribution in [3.63, 3.8) is 0 Å². The smallest absolute Gasteiger partial charge is 0.374 e. The van der Waals surface area contributed by atoms with Gasteiger partial charge in [0.25, 0.3) is 0 Å². The Bertz CT molecular complexity index is 1100. The van der Waals surface area contributed by atoms with Crippen LogP contribution in [0.1, 0.15) is 22.7 Å². The zero-order valence-electron chi connectivity index (χ0n) is 15.0. The van der Waals surface area contributed by atoms with Crippen molar-refractivity contribution in [3.05, 3.63) is 89.2 Å². The molecular weight excluding hydrogens is 365 g/mol. The van der Waals surface area contributed by atoms with Crippen LogP contribution >= 0.6 is 0 Å². The van der Waals surface area contributed by atoms with Crippen LogP contribution in [0, 0.1) is 0 Å². The van der Waals surface area contributed by atoms with Crippen LogP contribution in [-0.2, 0) is 11.0 Å². The third kappa shape index (κ3) is 3.01. The first-order valence-corrected chi connectivity index (χ1v) is 8.78. The third-order valence-electron chi connectivity index (χ3n) is 4.91. The Morgan fingerprint density at radius 1 is 0.964 bits per heavy atom. The lowest BCUT2D eigenvalue weighted by molar-refractivity contribution is -0.137. The molecule has 1 aliphatic rings. The van der Waals surface area contributed by atoms with Crippen molar-refractivity contribution in [2.24, 2.45) is 0 Å². The normalized spacial score (nSPS) is 17.1. The van der Waals surface area contributed by atoms with Gasteiger partial charge in [-0.25, -0.2) is 0 Å². The highest BCUT2D eigenvalue weighted by Crippen LogP contribution is 2.37. The number of ketones is 1. The maximum absolute atomic E-state index is 13.2. The van der Waals surface area contributed by atoms with Gasteiger partial charge >= 0.3 is 6.18 Å². The highest BCUT2D eigenvalue weighted by atomic mass is 19.4. The lowest BCUT2D eigenvalue weighted by Gasteiger charge is -2.15. The molecule has 3 nitrogen and oxygen atoms in total. The fourth-order valence-corrected chi connectivity index (χ4v) is 3.61. The van der Waals surface area contributed by atoms with Gasteiger partial charge in [0.15, 0.2) is 5.78 Å². The van der Waals surface area contributed by atoms with E-state index < -0.39 is 17.8 Å². The number of carbonyl (C=O) groups excluding carboxylic acids is 1. The zero-order valence-corrected chi connectivity index (χ0v) is 15.0. The van der Waals surface area contributed by atoms with Gasteiger partial charge in [0.2, 0.25) is 0 Å². The predicted octanol–water partition coefficient (Wildman–Crippen LogP) is 4.66. The topological polar surface area (TPSA) is 41.1 Å². The molecule has 0 aliphatic carbocycles. The second-order valence-corrected chi connectivity index (χ2v) is 6.59. The van der Waals surface area contributed by atoms with Crippen molar-refractivity contribution >= 4 is 22.1 Å². The van der Waals surface area contributed by atoms with Crippen LogP contribution in [0.4, 0.5) is 13.2 Å². The van der Waals surface area contributed by atoms with Crippen molar-refractivity contribution in [3.8, 4) is 0 Å². The molecule has 3 aromatic rings. The Morgan fingerprint density at radius 2 is 1.68 bits per heavy atom. The molecular formula is C22H17F3N2O. The monoisotopic (exact) mass is 382 g/mol. The van der Waals surface area contributed by atoms with Crippen LogP contribution in [0.15, 0.2) is 72.6 Å². The van der Waals surface area contributed by atoms with Gasteiger partial charge in [0, 0.05) is 7.05 Å². The minimum absolute atomic E-state index is 0.228. The minimum atomic E-state index is -4.47. The third-order valence-corrected chi connectivity index (χ3v) is 4.91. The molecule has 1 heterocycles. The molecule has 4 rings (SSSR count). The average molecular weight is 382 g/mol. The summed E-state index contributed by atoms with van der Waals surface area (Å²) in [5.41, 5.74) is 0.470. The molecule has 2 N–H and O–H groups in total. The van der Waals surface area contributed by atoms with Gasteiger partial charge in [0.05, 0.1) is 11.1 Å². The van der Waals surface area contributed by atoms with Gasteiger partial charge in [-0.2, -0.15) is 13.2 Å². The van der Waals surface area contributed by atoms with Gasteiger partial charge < -0.3 is 10.6 Å². The molecule has 28 heavy (non-hydrogen) atoms. The van der Waals surface area contributed by atoms with E-state index in [-0.39, 0.29) is 16.9 Å². The summed E-state index contributed by atoms with van der Waals surface area (Å²) in [6.45, 7) is 0. The Balaban J connectivity index is 1.79. The highest BCUT2D eigenvalue weighted by molar-refractivity contribution is 6.26. The standard InChI is InChI=1S/C22H17F3N2O/c1-26-21-18(14-8-4-9-15(12-14)22(23,24)25)20(28)19(27-21)17-11-5-7-13-6-2-3-10-16(13)17/h2-12,19,26-27H,1H3. The lowest BCUT2D eigenvalue weighted by atomic mass is 9.92. The summed E-state index contributed by atoms with van der Waals surface area (Å²) in [5.74, 6) is 0.155. The van der Waals surface area contributed by atoms with Crippen LogP contribution in [0.2, 0.25) is 0 Å². The first-order valence-electron chi connectivity index (χ1n) is 8.78. The van der Waals surface area contributed by atoms with E-state index in [0.717, 1.165) is 28.5 Å². The Hall–Kier alpha value is -3.28. The van der Waals surface area contributed by atoms with Crippen LogP contribution in [-0.4, -0.2) is 12.8 Å². The molecule has 0 bridgehead atoms. The van der Waals surface area contributed by atoms with E-state index >= 15 is 0 Å². The van der Waals surface area contributed by atoms with Crippen molar-refractivity contribution in [1.29, 1.82) is 0 Å². The van der Waals surface area contributed by atoms with Crippen LogP contribution in [0.25, 0.3) is 16.3 Å². The predicted molar refractivity (Wildman–Crippen MR) is 102 cm³/mol. The number of carbonyl (C=O) groups is 1. The summed E-state index contributed by atoms with van der Waals surface area (Å²) in [4.78, 5) is 13.2. The summed E-state index contributed by atoms with van der Waals surface area (Å²) in [6.07, 6.45) is -4.47. The number of hydrogen-bond acceptors (Lipinski definition) is 3. The molecule has 0 amide bonds. The largest absolute Gasteiger partial charge is 0.416 e. The molecule has 0 saturated heterocycles. The molecule has 1 aliphatic heterocycles.